The lowest BCUT2D eigenvalue weighted by atomic mass is 9.83. The van der Waals surface area contributed by atoms with Gasteiger partial charge in [0.25, 0.3) is 0 Å². The zero-order valence-corrected chi connectivity index (χ0v) is 22.0. The standard InChI is InChI=1S/C29H37N5O3/c1-18(30-3)28(35)33-26(20-9-5-4-6-10-20)29(36)34-14-8-13-24(34)27-23(16-31-19(2)32-27)25-15-21-11-7-12-22(21)17-37-25/h7,11-12,15-18,20,24,26,30H,4-6,8-10,13-14H2,1-3H3,(H,33,35). The number of nitrogens with zero attached hydrogens (tertiary/aromatic N) is 3. The lowest BCUT2D eigenvalue weighted by Crippen LogP contribution is -2.55. The number of aryl methyl sites for hydroxylation is 1. The molecule has 2 aliphatic carbocycles. The number of nitrogens with one attached hydrogen (secondary N) is 2. The second-order valence-electron chi connectivity index (χ2n) is 10.5. The fourth-order valence-electron chi connectivity index (χ4n) is 5.81. The molecule has 2 N–H and O–H groups in total. The maximum Gasteiger partial charge on any atom is 0.246 e. The van der Waals surface area contributed by atoms with Gasteiger partial charge in [-0.1, -0.05) is 37.5 Å². The maximum absolute atomic E-state index is 14.2. The van der Waals surface area contributed by atoms with Crippen LogP contribution in [0.1, 0.15) is 69.4 Å². The van der Waals surface area contributed by atoms with Crippen molar-refractivity contribution in [3.63, 3.8) is 0 Å². The third-order valence-corrected chi connectivity index (χ3v) is 8.05. The van der Waals surface area contributed by atoms with Crippen molar-refractivity contribution in [1.29, 1.82) is 0 Å². The van der Waals surface area contributed by atoms with E-state index in [0.29, 0.717) is 18.1 Å². The van der Waals surface area contributed by atoms with Crippen LogP contribution in [0.5, 0.6) is 0 Å². The first-order valence-corrected chi connectivity index (χ1v) is 13.6. The van der Waals surface area contributed by atoms with E-state index in [1.807, 2.05) is 36.9 Å². The second kappa shape index (κ2) is 11.0. The number of fused-ring (bicyclic) bond motifs is 1. The third-order valence-electron chi connectivity index (χ3n) is 8.05. The van der Waals surface area contributed by atoms with Gasteiger partial charge in [0, 0.05) is 18.3 Å². The molecule has 1 saturated carbocycles. The number of aromatic nitrogens is 2. The molecule has 196 valence electrons. The van der Waals surface area contributed by atoms with Gasteiger partial charge < -0.3 is 20.0 Å². The minimum Gasteiger partial charge on any atom is -0.464 e. The van der Waals surface area contributed by atoms with Crippen LogP contribution in [0.3, 0.4) is 0 Å². The predicted molar refractivity (Wildman–Crippen MR) is 142 cm³/mol. The summed E-state index contributed by atoms with van der Waals surface area (Å²) in [6, 6.07) is 7.00. The van der Waals surface area contributed by atoms with Crippen LogP contribution < -0.4 is 10.6 Å². The monoisotopic (exact) mass is 503 g/mol. The molecule has 1 aromatic rings. The van der Waals surface area contributed by atoms with E-state index in [2.05, 4.69) is 21.7 Å². The highest BCUT2D eigenvalue weighted by Crippen LogP contribution is 2.39. The van der Waals surface area contributed by atoms with Crippen LogP contribution in [0.2, 0.25) is 0 Å². The van der Waals surface area contributed by atoms with Crippen molar-refractivity contribution >= 4 is 11.8 Å². The van der Waals surface area contributed by atoms with Crippen LogP contribution in [0.25, 0.3) is 22.5 Å². The quantitative estimate of drug-likeness (QED) is 0.493. The molecule has 1 aromatic heterocycles. The molecule has 0 spiro atoms. The number of likely N-dealkylation sites (tertiary alicyclic amines) is 1. The molecule has 0 radical (unpaired) electrons. The van der Waals surface area contributed by atoms with Crippen molar-refractivity contribution in [3.05, 3.63) is 48.2 Å². The number of likely N-dealkylation sites (N-methyl/N-ethyl adjacent to an activating group) is 1. The van der Waals surface area contributed by atoms with Gasteiger partial charge in [0.2, 0.25) is 11.8 Å². The van der Waals surface area contributed by atoms with Crippen LogP contribution in [0.15, 0.2) is 41.1 Å². The van der Waals surface area contributed by atoms with Crippen LogP contribution in [0.4, 0.5) is 0 Å². The molecule has 37 heavy (non-hydrogen) atoms. The Morgan fingerprint density at radius 2 is 1.89 bits per heavy atom. The minimum absolute atomic E-state index is 0.00306. The smallest absolute Gasteiger partial charge is 0.246 e. The zero-order valence-electron chi connectivity index (χ0n) is 22.0. The second-order valence-corrected chi connectivity index (χ2v) is 10.5. The molecule has 3 atom stereocenters. The zero-order chi connectivity index (χ0) is 25.9. The number of carbonyl (C=O) groups is 2. The van der Waals surface area contributed by atoms with Crippen molar-refractivity contribution in [2.24, 2.45) is 5.92 Å². The molecule has 4 aliphatic rings. The number of hydrogen-bond acceptors (Lipinski definition) is 6. The molecule has 5 rings (SSSR count). The average molecular weight is 504 g/mol. The Morgan fingerprint density at radius 3 is 2.68 bits per heavy atom. The molecule has 3 unspecified atom stereocenters. The molecule has 0 bridgehead atoms. The van der Waals surface area contributed by atoms with Crippen molar-refractivity contribution in [1.82, 2.24) is 25.5 Å². The topological polar surface area (TPSA) is 100 Å². The predicted octanol–water partition coefficient (Wildman–Crippen LogP) is 4.49. The third kappa shape index (κ3) is 5.25. The Hall–Kier alpha value is -3.26. The number of hydrogen-bond donors (Lipinski definition) is 2. The molecule has 0 aromatic carbocycles. The summed E-state index contributed by atoms with van der Waals surface area (Å²) in [6.45, 7) is 4.33. The average Bonchev–Trinajstić information content (AvgIpc) is 3.60. The van der Waals surface area contributed by atoms with Crippen molar-refractivity contribution in [2.75, 3.05) is 13.6 Å². The summed E-state index contributed by atoms with van der Waals surface area (Å²) in [5, 5.41) is 6.11. The van der Waals surface area contributed by atoms with E-state index < -0.39 is 6.04 Å². The first-order chi connectivity index (χ1) is 18.0. The molecular formula is C29H37N5O3. The van der Waals surface area contributed by atoms with Gasteiger partial charge in [-0.15, -0.1) is 0 Å². The van der Waals surface area contributed by atoms with E-state index in [0.717, 1.165) is 60.9 Å². The largest absolute Gasteiger partial charge is 0.464 e. The summed E-state index contributed by atoms with van der Waals surface area (Å²) in [6.07, 6.45) is 10.5. The first kappa shape index (κ1) is 25.4. The molecule has 2 amide bonds. The molecule has 2 aliphatic heterocycles. The molecule has 8 heteroatoms. The molecule has 1 saturated heterocycles. The fourth-order valence-corrected chi connectivity index (χ4v) is 5.81. The maximum atomic E-state index is 14.2. The fraction of sp³-hybridized carbons (Fsp3) is 0.517. The van der Waals surface area contributed by atoms with E-state index >= 15 is 0 Å². The van der Waals surface area contributed by atoms with Crippen LogP contribution >= 0.6 is 0 Å². The molecule has 2 fully saturated rings. The van der Waals surface area contributed by atoms with E-state index in [1.165, 1.54) is 6.42 Å². The summed E-state index contributed by atoms with van der Waals surface area (Å²) in [7, 11) is 1.76. The highest BCUT2D eigenvalue weighted by atomic mass is 16.3. The van der Waals surface area contributed by atoms with Crippen LogP contribution in [-0.4, -0.2) is 52.4 Å². The molecular weight excluding hydrogens is 466 g/mol. The Kier molecular flexibility index (Phi) is 7.55. The Labute approximate surface area is 218 Å². The number of rotatable bonds is 7. The summed E-state index contributed by atoms with van der Waals surface area (Å²) in [5.41, 5.74) is 3.74. The summed E-state index contributed by atoms with van der Waals surface area (Å²) >= 11 is 0. The Balaban J connectivity index is 1.48. The summed E-state index contributed by atoms with van der Waals surface area (Å²) in [4.78, 5) is 38.3. The minimum atomic E-state index is -0.527. The first-order valence-electron chi connectivity index (χ1n) is 13.6. The summed E-state index contributed by atoms with van der Waals surface area (Å²) < 4.78 is 6.01. The van der Waals surface area contributed by atoms with Crippen LogP contribution in [-0.2, 0) is 9.59 Å². The van der Waals surface area contributed by atoms with E-state index in [9.17, 15) is 9.59 Å². The van der Waals surface area contributed by atoms with Gasteiger partial charge in [-0.05, 0) is 64.1 Å². The van der Waals surface area contributed by atoms with Gasteiger partial charge in [0.1, 0.15) is 17.6 Å². The lowest BCUT2D eigenvalue weighted by molar-refractivity contribution is -0.139. The van der Waals surface area contributed by atoms with Crippen LogP contribution in [0, 0.1) is 12.8 Å². The highest BCUT2D eigenvalue weighted by Gasteiger charge is 2.40. The van der Waals surface area contributed by atoms with Gasteiger partial charge in [0.05, 0.1) is 29.6 Å². The normalized spacial score (nSPS) is 20.2. The Bertz CT molecular complexity index is 1220. The van der Waals surface area contributed by atoms with Crippen molar-refractivity contribution in [2.45, 2.75) is 76.9 Å². The van der Waals surface area contributed by atoms with Gasteiger partial charge in [0.15, 0.2) is 0 Å². The Morgan fingerprint density at radius 1 is 1.11 bits per heavy atom. The van der Waals surface area contributed by atoms with Gasteiger partial charge in [-0.25, -0.2) is 9.97 Å². The lowest BCUT2D eigenvalue weighted by Gasteiger charge is -2.35. The highest BCUT2D eigenvalue weighted by molar-refractivity contribution is 5.90. The van der Waals surface area contributed by atoms with E-state index in [4.69, 9.17) is 9.40 Å². The number of carbonyl (C=O) groups excluding carboxylic acids is 2. The summed E-state index contributed by atoms with van der Waals surface area (Å²) in [5.74, 6) is 1.36. The van der Waals surface area contributed by atoms with Gasteiger partial charge >= 0.3 is 0 Å². The van der Waals surface area contributed by atoms with Crippen molar-refractivity contribution in [3.8, 4) is 22.5 Å². The van der Waals surface area contributed by atoms with Crippen molar-refractivity contribution < 1.29 is 14.0 Å². The number of amides is 2. The van der Waals surface area contributed by atoms with E-state index in [1.54, 1.807) is 19.5 Å². The molecule has 3 heterocycles. The SMILES string of the molecule is CNC(C)C(=O)NC(C(=O)N1CCCC1c1nc(C)ncc1-c1cc2cccc-2co1)C1CCCCC1. The van der Waals surface area contributed by atoms with Gasteiger partial charge in [-0.2, -0.15) is 0 Å². The van der Waals surface area contributed by atoms with Gasteiger partial charge in [-0.3, -0.25) is 9.59 Å². The molecule has 8 nitrogen and oxygen atoms in total. The van der Waals surface area contributed by atoms with E-state index in [-0.39, 0.29) is 29.8 Å².